The normalized spacial score (nSPS) is 28.5. The number of hydrogen-bond acceptors (Lipinski definition) is 2. The zero-order valence-corrected chi connectivity index (χ0v) is 13.1. The van der Waals surface area contributed by atoms with Gasteiger partial charge in [0.25, 0.3) is 0 Å². The molecule has 3 rings (SSSR count). The lowest BCUT2D eigenvalue weighted by atomic mass is 9.84. The van der Waals surface area contributed by atoms with Crippen molar-refractivity contribution in [3.63, 3.8) is 0 Å². The quantitative estimate of drug-likeness (QED) is 0.759. The standard InChI is InChI=1S/C19H27NO/c1-3-10-21-19-7-5-4-6-17(19)13-20-14(2)18-12-15-8-9-16(18)11-15/h3-7,14-16,18,20H,1,8-13H2,2H3. The van der Waals surface area contributed by atoms with Gasteiger partial charge in [0.2, 0.25) is 0 Å². The molecule has 0 saturated heterocycles. The predicted octanol–water partition coefficient (Wildman–Crippen LogP) is 4.17. The maximum absolute atomic E-state index is 5.74. The van der Waals surface area contributed by atoms with Crippen LogP contribution in [-0.4, -0.2) is 12.6 Å². The van der Waals surface area contributed by atoms with Crippen molar-refractivity contribution in [2.45, 2.75) is 45.2 Å². The molecule has 114 valence electrons. The maximum Gasteiger partial charge on any atom is 0.124 e. The number of nitrogens with one attached hydrogen (secondary N) is 1. The molecule has 2 aliphatic rings. The van der Waals surface area contributed by atoms with Crippen LogP contribution in [0.25, 0.3) is 0 Å². The van der Waals surface area contributed by atoms with Crippen LogP contribution in [0.1, 0.15) is 38.2 Å². The highest BCUT2D eigenvalue weighted by Gasteiger charge is 2.41. The van der Waals surface area contributed by atoms with Gasteiger partial charge in [-0.05, 0) is 50.0 Å². The van der Waals surface area contributed by atoms with Crippen molar-refractivity contribution in [1.82, 2.24) is 5.32 Å². The summed E-state index contributed by atoms with van der Waals surface area (Å²) in [5.74, 6) is 3.85. The topological polar surface area (TPSA) is 21.3 Å². The van der Waals surface area contributed by atoms with E-state index in [0.717, 1.165) is 30.0 Å². The van der Waals surface area contributed by atoms with E-state index in [1.165, 1.54) is 31.2 Å². The third kappa shape index (κ3) is 3.32. The molecule has 2 saturated carbocycles. The average molecular weight is 285 g/mol. The third-order valence-corrected chi connectivity index (χ3v) is 5.38. The molecule has 1 aromatic carbocycles. The fourth-order valence-electron chi connectivity index (χ4n) is 4.27. The molecule has 21 heavy (non-hydrogen) atoms. The van der Waals surface area contributed by atoms with Gasteiger partial charge in [-0.15, -0.1) is 0 Å². The zero-order valence-electron chi connectivity index (χ0n) is 13.1. The molecule has 4 atom stereocenters. The summed E-state index contributed by atoms with van der Waals surface area (Å²) in [7, 11) is 0. The Morgan fingerprint density at radius 2 is 2.19 bits per heavy atom. The van der Waals surface area contributed by atoms with Crippen LogP contribution in [0.4, 0.5) is 0 Å². The molecule has 0 heterocycles. The predicted molar refractivity (Wildman–Crippen MR) is 87.4 cm³/mol. The van der Waals surface area contributed by atoms with Crippen LogP contribution in [-0.2, 0) is 6.54 Å². The minimum Gasteiger partial charge on any atom is -0.489 e. The summed E-state index contributed by atoms with van der Waals surface area (Å²) in [6.45, 7) is 7.53. The van der Waals surface area contributed by atoms with Crippen molar-refractivity contribution in [2.24, 2.45) is 17.8 Å². The van der Waals surface area contributed by atoms with Gasteiger partial charge in [0, 0.05) is 18.2 Å². The molecule has 1 aromatic rings. The van der Waals surface area contributed by atoms with Crippen LogP contribution >= 0.6 is 0 Å². The van der Waals surface area contributed by atoms with Gasteiger partial charge in [0.05, 0.1) is 0 Å². The first-order valence-electron chi connectivity index (χ1n) is 8.33. The molecule has 2 bridgehead atoms. The van der Waals surface area contributed by atoms with E-state index in [1.54, 1.807) is 6.08 Å². The molecule has 0 aliphatic heterocycles. The Morgan fingerprint density at radius 1 is 1.33 bits per heavy atom. The molecule has 4 unspecified atom stereocenters. The van der Waals surface area contributed by atoms with Crippen LogP contribution in [0.3, 0.4) is 0 Å². The van der Waals surface area contributed by atoms with Crippen molar-refractivity contribution < 1.29 is 4.74 Å². The van der Waals surface area contributed by atoms with E-state index in [-0.39, 0.29) is 0 Å². The van der Waals surface area contributed by atoms with Gasteiger partial charge in [0.15, 0.2) is 0 Å². The molecule has 2 aliphatic carbocycles. The lowest BCUT2D eigenvalue weighted by Gasteiger charge is -2.29. The van der Waals surface area contributed by atoms with Crippen molar-refractivity contribution in [2.75, 3.05) is 6.61 Å². The molecule has 2 nitrogen and oxygen atoms in total. The minimum absolute atomic E-state index is 0.568. The van der Waals surface area contributed by atoms with E-state index in [0.29, 0.717) is 12.6 Å². The Kier molecular flexibility index (Phi) is 4.64. The Bertz CT molecular complexity index is 484. The first-order chi connectivity index (χ1) is 10.3. The van der Waals surface area contributed by atoms with Crippen molar-refractivity contribution in [3.05, 3.63) is 42.5 Å². The fraction of sp³-hybridized carbons (Fsp3) is 0.579. The maximum atomic E-state index is 5.74. The smallest absolute Gasteiger partial charge is 0.124 e. The van der Waals surface area contributed by atoms with Gasteiger partial charge in [-0.25, -0.2) is 0 Å². The first kappa shape index (κ1) is 14.6. The number of ether oxygens (including phenoxy) is 1. The second kappa shape index (κ2) is 6.65. The van der Waals surface area contributed by atoms with E-state index in [9.17, 15) is 0 Å². The molecule has 1 N–H and O–H groups in total. The van der Waals surface area contributed by atoms with E-state index in [4.69, 9.17) is 4.74 Å². The van der Waals surface area contributed by atoms with Gasteiger partial charge in [0.1, 0.15) is 12.4 Å². The van der Waals surface area contributed by atoms with Gasteiger partial charge in [-0.1, -0.05) is 37.3 Å². The SMILES string of the molecule is C=CCOc1ccccc1CNC(C)C1CC2CCC1C2. The number of benzene rings is 1. The molecular weight excluding hydrogens is 258 g/mol. The molecule has 0 radical (unpaired) electrons. The number of rotatable bonds is 7. The highest BCUT2D eigenvalue weighted by molar-refractivity contribution is 5.33. The number of hydrogen-bond donors (Lipinski definition) is 1. The van der Waals surface area contributed by atoms with Gasteiger partial charge in [-0.3, -0.25) is 0 Å². The zero-order chi connectivity index (χ0) is 14.7. The highest BCUT2D eigenvalue weighted by atomic mass is 16.5. The van der Waals surface area contributed by atoms with Crippen molar-refractivity contribution in [3.8, 4) is 5.75 Å². The third-order valence-electron chi connectivity index (χ3n) is 5.38. The van der Waals surface area contributed by atoms with Crippen molar-refractivity contribution in [1.29, 1.82) is 0 Å². The second-order valence-corrected chi connectivity index (χ2v) is 6.72. The van der Waals surface area contributed by atoms with Crippen LogP contribution in [0, 0.1) is 17.8 Å². The van der Waals surface area contributed by atoms with E-state index in [2.05, 4.69) is 31.0 Å². The van der Waals surface area contributed by atoms with Gasteiger partial charge < -0.3 is 10.1 Å². The summed E-state index contributed by atoms with van der Waals surface area (Å²) < 4.78 is 5.74. The molecule has 2 heteroatoms. The van der Waals surface area contributed by atoms with E-state index in [1.807, 2.05) is 12.1 Å². The summed E-state index contributed by atoms with van der Waals surface area (Å²) in [6.07, 6.45) is 7.65. The van der Waals surface area contributed by atoms with Crippen LogP contribution in [0.5, 0.6) is 5.75 Å². The Labute approximate surface area is 128 Å². The molecule has 0 spiro atoms. The van der Waals surface area contributed by atoms with Crippen molar-refractivity contribution >= 4 is 0 Å². The van der Waals surface area contributed by atoms with Crippen LogP contribution in [0.2, 0.25) is 0 Å². The summed E-state index contributed by atoms with van der Waals surface area (Å²) in [5, 5.41) is 3.74. The summed E-state index contributed by atoms with van der Waals surface area (Å²) in [6, 6.07) is 8.91. The summed E-state index contributed by atoms with van der Waals surface area (Å²) in [4.78, 5) is 0. The lowest BCUT2D eigenvalue weighted by molar-refractivity contribution is 0.258. The van der Waals surface area contributed by atoms with Gasteiger partial charge in [-0.2, -0.15) is 0 Å². The summed E-state index contributed by atoms with van der Waals surface area (Å²) >= 11 is 0. The monoisotopic (exact) mass is 285 g/mol. The van der Waals surface area contributed by atoms with Crippen LogP contribution in [0.15, 0.2) is 36.9 Å². The largest absolute Gasteiger partial charge is 0.489 e. The Morgan fingerprint density at radius 3 is 2.90 bits per heavy atom. The van der Waals surface area contributed by atoms with Gasteiger partial charge >= 0.3 is 0 Å². The lowest BCUT2D eigenvalue weighted by Crippen LogP contribution is -2.35. The Balaban J connectivity index is 1.56. The average Bonchev–Trinajstić information content (AvgIpc) is 3.14. The molecule has 0 aromatic heterocycles. The van der Waals surface area contributed by atoms with E-state index >= 15 is 0 Å². The number of para-hydroxylation sites is 1. The van der Waals surface area contributed by atoms with Crippen LogP contribution < -0.4 is 10.1 Å². The minimum atomic E-state index is 0.568. The number of fused-ring (bicyclic) bond motifs is 2. The molecule has 2 fully saturated rings. The molecular formula is C19H27NO. The van der Waals surface area contributed by atoms with E-state index < -0.39 is 0 Å². The highest BCUT2D eigenvalue weighted by Crippen LogP contribution is 2.49. The summed E-state index contributed by atoms with van der Waals surface area (Å²) in [5.41, 5.74) is 1.24. The Hall–Kier alpha value is -1.28. The second-order valence-electron chi connectivity index (χ2n) is 6.72. The first-order valence-corrected chi connectivity index (χ1v) is 8.33. The molecule has 0 amide bonds. The fourth-order valence-corrected chi connectivity index (χ4v) is 4.27.